The van der Waals surface area contributed by atoms with E-state index < -0.39 is 0 Å². The highest BCUT2D eigenvalue weighted by molar-refractivity contribution is 7.98. The van der Waals surface area contributed by atoms with E-state index in [1.807, 2.05) is 12.3 Å². The van der Waals surface area contributed by atoms with Crippen LogP contribution in [0.15, 0.2) is 29.8 Å². The van der Waals surface area contributed by atoms with Gasteiger partial charge >= 0.3 is 0 Å². The van der Waals surface area contributed by atoms with Crippen LogP contribution in [-0.2, 0) is 5.75 Å². The number of nitrogens with one attached hydrogen (secondary N) is 2. The van der Waals surface area contributed by atoms with Crippen molar-refractivity contribution in [3.8, 4) is 0 Å². The zero-order valence-electron chi connectivity index (χ0n) is 6.32. The van der Waals surface area contributed by atoms with Crippen molar-refractivity contribution in [3.63, 3.8) is 0 Å². The van der Waals surface area contributed by atoms with Gasteiger partial charge in [0, 0.05) is 30.0 Å². The summed E-state index contributed by atoms with van der Waals surface area (Å²) in [4.78, 5) is 7.11. The van der Waals surface area contributed by atoms with E-state index in [1.165, 1.54) is 0 Å². The second-order valence-corrected chi connectivity index (χ2v) is 3.23. The molecule has 12 heavy (non-hydrogen) atoms. The van der Waals surface area contributed by atoms with E-state index >= 15 is 0 Å². The average Bonchev–Trinajstić information content (AvgIpc) is 2.74. The van der Waals surface area contributed by atoms with E-state index in [-0.39, 0.29) is 0 Å². The summed E-state index contributed by atoms with van der Waals surface area (Å²) in [5, 5.41) is 7.68. The Morgan fingerprint density at radius 3 is 3.08 bits per heavy atom. The van der Waals surface area contributed by atoms with Gasteiger partial charge in [0.2, 0.25) is 0 Å². The van der Waals surface area contributed by atoms with Gasteiger partial charge in [-0.25, -0.2) is 4.98 Å². The van der Waals surface area contributed by atoms with Crippen molar-refractivity contribution in [2.75, 3.05) is 0 Å². The molecular weight excluding hydrogens is 172 g/mol. The molecule has 0 spiro atoms. The summed E-state index contributed by atoms with van der Waals surface area (Å²) in [6.45, 7) is 0. The molecule has 62 valence electrons. The fourth-order valence-corrected chi connectivity index (χ4v) is 1.58. The molecule has 0 saturated heterocycles. The molecule has 0 saturated carbocycles. The van der Waals surface area contributed by atoms with E-state index in [0.29, 0.717) is 0 Å². The van der Waals surface area contributed by atoms with Crippen LogP contribution in [0.25, 0.3) is 0 Å². The third kappa shape index (κ3) is 1.68. The lowest BCUT2D eigenvalue weighted by Crippen LogP contribution is -1.81. The van der Waals surface area contributed by atoms with Crippen LogP contribution in [0.5, 0.6) is 0 Å². The number of thioether (sulfide) groups is 1. The summed E-state index contributed by atoms with van der Waals surface area (Å²) >= 11 is 1.65. The molecule has 0 aliphatic carbocycles. The van der Waals surface area contributed by atoms with Crippen LogP contribution < -0.4 is 0 Å². The molecule has 0 aliphatic rings. The molecule has 5 heteroatoms. The fraction of sp³-hybridized carbons (Fsp3) is 0.143. The SMILES string of the molecule is c1cc(CSc2ncc[nH]2)[nH]n1. The molecule has 0 amide bonds. The van der Waals surface area contributed by atoms with E-state index in [2.05, 4.69) is 20.2 Å². The smallest absolute Gasteiger partial charge is 0.165 e. The number of H-pyrrole nitrogens is 2. The molecule has 2 rings (SSSR count). The highest BCUT2D eigenvalue weighted by Gasteiger charge is 1.97. The first-order chi connectivity index (χ1) is 5.95. The van der Waals surface area contributed by atoms with Gasteiger partial charge in [-0.15, -0.1) is 0 Å². The van der Waals surface area contributed by atoms with Crippen LogP contribution in [0.3, 0.4) is 0 Å². The average molecular weight is 180 g/mol. The highest BCUT2D eigenvalue weighted by Crippen LogP contribution is 2.16. The minimum atomic E-state index is 0.869. The van der Waals surface area contributed by atoms with Crippen molar-refractivity contribution >= 4 is 11.8 Å². The molecule has 0 radical (unpaired) electrons. The Morgan fingerprint density at radius 1 is 1.42 bits per heavy atom. The Morgan fingerprint density at radius 2 is 2.42 bits per heavy atom. The molecule has 0 unspecified atom stereocenters. The van der Waals surface area contributed by atoms with Crippen LogP contribution >= 0.6 is 11.8 Å². The first-order valence-corrected chi connectivity index (χ1v) is 4.54. The molecule has 0 atom stereocenters. The minimum absolute atomic E-state index is 0.869. The second-order valence-electron chi connectivity index (χ2n) is 2.26. The van der Waals surface area contributed by atoms with E-state index in [0.717, 1.165) is 16.6 Å². The molecule has 4 nitrogen and oxygen atoms in total. The normalized spacial score (nSPS) is 10.3. The van der Waals surface area contributed by atoms with E-state index in [9.17, 15) is 0 Å². The number of aromatic nitrogens is 4. The van der Waals surface area contributed by atoms with Crippen LogP contribution in [0.2, 0.25) is 0 Å². The molecule has 2 N–H and O–H groups in total. The fourth-order valence-electron chi connectivity index (χ4n) is 0.841. The van der Waals surface area contributed by atoms with Gasteiger partial charge in [-0.2, -0.15) is 5.10 Å². The van der Waals surface area contributed by atoms with Crippen LogP contribution in [0, 0.1) is 0 Å². The molecule has 2 heterocycles. The van der Waals surface area contributed by atoms with Crippen molar-refractivity contribution < 1.29 is 0 Å². The van der Waals surface area contributed by atoms with Crippen LogP contribution in [0.1, 0.15) is 5.69 Å². The molecule has 0 aliphatic heterocycles. The van der Waals surface area contributed by atoms with Gasteiger partial charge in [0.1, 0.15) is 0 Å². The number of imidazole rings is 1. The second kappa shape index (κ2) is 3.44. The van der Waals surface area contributed by atoms with Crippen molar-refractivity contribution in [3.05, 3.63) is 30.4 Å². The summed E-state index contributed by atoms with van der Waals surface area (Å²) in [6.07, 6.45) is 5.31. The summed E-state index contributed by atoms with van der Waals surface area (Å²) in [6, 6.07) is 1.95. The lowest BCUT2D eigenvalue weighted by atomic mass is 10.5. The largest absolute Gasteiger partial charge is 0.340 e. The maximum Gasteiger partial charge on any atom is 0.165 e. The third-order valence-electron chi connectivity index (χ3n) is 1.40. The Bertz CT molecular complexity index is 279. The number of hydrogen-bond acceptors (Lipinski definition) is 3. The predicted octanol–water partition coefficient (Wildman–Crippen LogP) is 1.43. The number of aromatic amines is 2. The van der Waals surface area contributed by atoms with Gasteiger partial charge in [0.25, 0.3) is 0 Å². The molecule has 0 bridgehead atoms. The zero-order valence-corrected chi connectivity index (χ0v) is 7.14. The Hall–Kier alpha value is -1.23. The standard InChI is InChI=1S/C7H8N4S/c1-2-10-11-6(1)5-12-7-8-3-4-9-7/h1-4H,5H2,(H,8,9)(H,10,11). The van der Waals surface area contributed by atoms with Gasteiger partial charge < -0.3 is 4.98 Å². The Labute approximate surface area is 73.8 Å². The Kier molecular flexibility index (Phi) is 2.13. The maximum atomic E-state index is 4.09. The van der Waals surface area contributed by atoms with E-state index in [4.69, 9.17) is 0 Å². The van der Waals surface area contributed by atoms with Crippen molar-refractivity contribution in [1.82, 2.24) is 20.2 Å². The van der Waals surface area contributed by atoms with Crippen molar-refractivity contribution in [2.24, 2.45) is 0 Å². The van der Waals surface area contributed by atoms with Gasteiger partial charge in [-0.1, -0.05) is 11.8 Å². The molecule has 0 fully saturated rings. The lowest BCUT2D eigenvalue weighted by molar-refractivity contribution is 1.02. The molecular formula is C7H8N4S. The zero-order chi connectivity index (χ0) is 8.23. The van der Waals surface area contributed by atoms with Gasteiger partial charge in [-0.05, 0) is 6.07 Å². The summed E-state index contributed by atoms with van der Waals surface area (Å²) in [5.74, 6) is 0.869. The molecule has 0 aromatic carbocycles. The predicted molar refractivity (Wildman–Crippen MR) is 46.7 cm³/mol. The third-order valence-corrected chi connectivity index (χ3v) is 2.35. The molecule has 2 aromatic heterocycles. The first kappa shape index (κ1) is 7.42. The van der Waals surface area contributed by atoms with Crippen LogP contribution in [-0.4, -0.2) is 20.2 Å². The minimum Gasteiger partial charge on any atom is -0.340 e. The highest BCUT2D eigenvalue weighted by atomic mass is 32.2. The topological polar surface area (TPSA) is 57.4 Å². The maximum absolute atomic E-state index is 4.09. The van der Waals surface area contributed by atoms with Gasteiger partial charge in [-0.3, -0.25) is 5.10 Å². The summed E-state index contributed by atoms with van der Waals surface area (Å²) < 4.78 is 0. The lowest BCUT2D eigenvalue weighted by Gasteiger charge is -1.92. The van der Waals surface area contributed by atoms with Crippen LogP contribution in [0.4, 0.5) is 0 Å². The van der Waals surface area contributed by atoms with Crippen molar-refractivity contribution in [2.45, 2.75) is 10.9 Å². The molecule has 2 aromatic rings. The summed E-state index contributed by atoms with van der Waals surface area (Å²) in [5.41, 5.74) is 1.11. The van der Waals surface area contributed by atoms with Crippen molar-refractivity contribution in [1.29, 1.82) is 0 Å². The first-order valence-electron chi connectivity index (χ1n) is 3.55. The quantitative estimate of drug-likeness (QED) is 0.702. The number of rotatable bonds is 3. The van der Waals surface area contributed by atoms with E-state index in [1.54, 1.807) is 24.2 Å². The number of nitrogens with zero attached hydrogens (tertiary/aromatic N) is 2. The van der Waals surface area contributed by atoms with Gasteiger partial charge in [0.15, 0.2) is 5.16 Å². The van der Waals surface area contributed by atoms with Gasteiger partial charge in [0.05, 0.1) is 0 Å². The summed E-state index contributed by atoms with van der Waals surface area (Å²) in [7, 11) is 0. The number of hydrogen-bond donors (Lipinski definition) is 2. The Balaban J connectivity index is 1.91. The monoisotopic (exact) mass is 180 g/mol.